The lowest BCUT2D eigenvalue weighted by molar-refractivity contribution is 0.0400. The Labute approximate surface area is 138 Å². The molecule has 0 fully saturated rings. The van der Waals surface area contributed by atoms with Crippen LogP contribution in [0.3, 0.4) is 0 Å². The first-order valence-corrected chi connectivity index (χ1v) is 8.57. The molecule has 0 amide bonds. The molecule has 0 saturated carbocycles. The number of allylic oxidation sites excluding steroid dienone is 2. The molecule has 3 rings (SSSR count). The first-order valence-electron chi connectivity index (χ1n) is 7.76. The minimum Gasteiger partial charge on any atom is -0.461 e. The van der Waals surface area contributed by atoms with Crippen molar-refractivity contribution in [2.45, 2.75) is 26.7 Å². The van der Waals surface area contributed by atoms with Gasteiger partial charge in [-0.1, -0.05) is 19.1 Å². The quantitative estimate of drug-likeness (QED) is 0.640. The van der Waals surface area contributed by atoms with Gasteiger partial charge in [0.05, 0.1) is 18.3 Å². The van der Waals surface area contributed by atoms with Crippen LogP contribution in [0.1, 0.15) is 35.0 Å². The Balaban J connectivity index is 1.81. The van der Waals surface area contributed by atoms with E-state index < -0.39 is 0 Å². The van der Waals surface area contributed by atoms with Gasteiger partial charge in [0.1, 0.15) is 9.71 Å². The smallest absolute Gasteiger partial charge is 0.348 e. The van der Waals surface area contributed by atoms with Crippen molar-refractivity contribution in [2.24, 2.45) is 18.9 Å². The monoisotopic (exact) mass is 332 g/mol. The molecule has 0 radical (unpaired) electrons. The summed E-state index contributed by atoms with van der Waals surface area (Å²) in [4.78, 5) is 29.9. The van der Waals surface area contributed by atoms with Crippen LogP contribution < -0.4 is 5.56 Å². The van der Waals surface area contributed by atoms with Crippen molar-refractivity contribution >= 4 is 27.5 Å². The van der Waals surface area contributed by atoms with Crippen LogP contribution in [0.4, 0.5) is 0 Å². The van der Waals surface area contributed by atoms with E-state index in [1.807, 2.05) is 0 Å². The molecule has 0 aliphatic heterocycles. The molecule has 0 spiro atoms. The number of hydrogen-bond donors (Lipinski definition) is 0. The van der Waals surface area contributed by atoms with Crippen LogP contribution in [0.25, 0.3) is 10.2 Å². The van der Waals surface area contributed by atoms with E-state index >= 15 is 0 Å². The summed E-state index contributed by atoms with van der Waals surface area (Å²) in [6.45, 7) is 4.38. The topological polar surface area (TPSA) is 61.2 Å². The van der Waals surface area contributed by atoms with Crippen LogP contribution in [-0.2, 0) is 11.8 Å². The molecule has 23 heavy (non-hydrogen) atoms. The van der Waals surface area contributed by atoms with E-state index in [-0.39, 0.29) is 11.5 Å². The summed E-state index contributed by atoms with van der Waals surface area (Å²) >= 11 is 1.23. The molecule has 2 atom stereocenters. The lowest BCUT2D eigenvalue weighted by Gasteiger charge is -2.24. The summed E-state index contributed by atoms with van der Waals surface area (Å²) in [7, 11) is 1.65. The highest BCUT2D eigenvalue weighted by molar-refractivity contribution is 7.20. The molecule has 2 unspecified atom stereocenters. The van der Waals surface area contributed by atoms with Crippen molar-refractivity contribution < 1.29 is 9.53 Å². The first kappa shape index (κ1) is 15.9. The van der Waals surface area contributed by atoms with Gasteiger partial charge in [-0.15, -0.1) is 11.3 Å². The first-order chi connectivity index (χ1) is 11.0. The Morgan fingerprint density at radius 2 is 2.17 bits per heavy atom. The molecule has 2 aromatic rings. The van der Waals surface area contributed by atoms with E-state index in [4.69, 9.17) is 4.74 Å². The highest BCUT2D eigenvalue weighted by Crippen LogP contribution is 2.29. The predicted octanol–water partition coefficient (Wildman–Crippen LogP) is 3.06. The summed E-state index contributed by atoms with van der Waals surface area (Å²) in [5, 5.41) is 0.515. The summed E-state index contributed by atoms with van der Waals surface area (Å²) < 4.78 is 6.94. The highest BCUT2D eigenvalue weighted by Gasteiger charge is 2.23. The molecular formula is C17H20N2O3S. The Morgan fingerprint density at radius 1 is 1.43 bits per heavy atom. The van der Waals surface area contributed by atoms with Crippen LogP contribution in [-0.4, -0.2) is 22.1 Å². The normalized spacial score (nSPS) is 20.8. The van der Waals surface area contributed by atoms with E-state index in [0.29, 0.717) is 39.1 Å². The molecule has 2 aromatic heterocycles. The maximum absolute atomic E-state index is 12.4. The summed E-state index contributed by atoms with van der Waals surface area (Å²) in [5.41, 5.74) is 0.536. The van der Waals surface area contributed by atoms with Crippen molar-refractivity contribution in [3.63, 3.8) is 0 Å². The number of carbonyl (C=O) groups excluding carboxylic acids is 1. The molecule has 5 nitrogen and oxygen atoms in total. The minimum atomic E-state index is -0.352. The van der Waals surface area contributed by atoms with Crippen LogP contribution in [0.2, 0.25) is 0 Å². The van der Waals surface area contributed by atoms with E-state index in [2.05, 4.69) is 24.1 Å². The minimum absolute atomic E-state index is 0.131. The number of aromatic nitrogens is 2. The zero-order valence-electron chi connectivity index (χ0n) is 13.5. The number of hydrogen-bond acceptors (Lipinski definition) is 5. The van der Waals surface area contributed by atoms with E-state index in [1.165, 1.54) is 22.2 Å². The van der Waals surface area contributed by atoms with Gasteiger partial charge in [0.2, 0.25) is 0 Å². The van der Waals surface area contributed by atoms with Gasteiger partial charge in [-0.25, -0.2) is 9.78 Å². The lowest BCUT2D eigenvalue weighted by Crippen LogP contribution is -2.21. The number of nitrogens with zero attached hydrogens (tertiary/aromatic N) is 2. The standard InChI is InChI=1S/C17H20N2O3S/c1-10-6-4-5-7-12(10)8-22-17(21)14-11(2)13-15(23-14)18-9-19(3)16(13)20/h4-5,9-10,12H,6-8H2,1-3H3. The number of rotatable bonds is 3. The number of fused-ring (bicyclic) bond motifs is 1. The molecule has 0 bridgehead atoms. The summed E-state index contributed by atoms with van der Waals surface area (Å²) in [5.74, 6) is 0.532. The summed E-state index contributed by atoms with van der Waals surface area (Å²) in [6, 6.07) is 0. The predicted molar refractivity (Wildman–Crippen MR) is 90.9 cm³/mol. The van der Waals surface area contributed by atoms with Gasteiger partial charge in [-0.05, 0) is 37.2 Å². The molecule has 2 heterocycles. The molecule has 1 aliphatic carbocycles. The van der Waals surface area contributed by atoms with Gasteiger partial charge in [-0.2, -0.15) is 0 Å². The fourth-order valence-corrected chi connectivity index (χ4v) is 3.92. The van der Waals surface area contributed by atoms with Gasteiger partial charge >= 0.3 is 5.97 Å². The van der Waals surface area contributed by atoms with Gasteiger partial charge < -0.3 is 9.30 Å². The number of aryl methyl sites for hydroxylation is 2. The number of thiophene rings is 1. The second-order valence-corrected chi connectivity index (χ2v) is 7.17. The third-order valence-electron chi connectivity index (χ3n) is 4.54. The maximum atomic E-state index is 12.4. The van der Waals surface area contributed by atoms with Crippen LogP contribution in [0.5, 0.6) is 0 Å². The average Bonchev–Trinajstić information content (AvgIpc) is 2.87. The van der Waals surface area contributed by atoms with Crippen LogP contribution in [0.15, 0.2) is 23.3 Å². The highest BCUT2D eigenvalue weighted by atomic mass is 32.1. The number of carbonyl (C=O) groups is 1. The SMILES string of the molecule is Cc1c(C(=O)OCC2CC=CCC2C)sc2ncn(C)c(=O)c12. The molecular weight excluding hydrogens is 312 g/mol. The van der Waals surface area contributed by atoms with Crippen molar-refractivity contribution in [3.05, 3.63) is 39.3 Å². The van der Waals surface area contributed by atoms with Gasteiger partial charge in [-0.3, -0.25) is 4.79 Å². The fraction of sp³-hybridized carbons (Fsp3) is 0.471. The molecule has 0 aromatic carbocycles. The Kier molecular flexibility index (Phi) is 4.35. The van der Waals surface area contributed by atoms with Gasteiger partial charge in [0.25, 0.3) is 5.56 Å². The van der Waals surface area contributed by atoms with E-state index in [1.54, 1.807) is 14.0 Å². The second-order valence-electron chi connectivity index (χ2n) is 6.18. The third-order valence-corrected chi connectivity index (χ3v) is 5.72. The maximum Gasteiger partial charge on any atom is 0.348 e. The second kappa shape index (κ2) is 6.28. The fourth-order valence-electron chi connectivity index (χ4n) is 2.89. The summed E-state index contributed by atoms with van der Waals surface area (Å²) in [6.07, 6.45) is 7.79. The van der Waals surface area contributed by atoms with E-state index in [0.717, 1.165) is 12.8 Å². The number of ether oxygens (including phenoxy) is 1. The molecule has 0 saturated heterocycles. The van der Waals surface area contributed by atoms with E-state index in [9.17, 15) is 9.59 Å². The Bertz CT molecular complexity index is 834. The van der Waals surface area contributed by atoms with Crippen molar-refractivity contribution in [1.82, 2.24) is 9.55 Å². The van der Waals surface area contributed by atoms with Crippen LogP contribution >= 0.6 is 11.3 Å². The van der Waals surface area contributed by atoms with Gasteiger partial charge in [0.15, 0.2) is 0 Å². The molecule has 1 aliphatic rings. The molecule has 6 heteroatoms. The van der Waals surface area contributed by atoms with Crippen molar-refractivity contribution in [1.29, 1.82) is 0 Å². The molecule has 122 valence electrons. The number of esters is 1. The zero-order valence-corrected chi connectivity index (χ0v) is 14.4. The molecule has 0 N–H and O–H groups in total. The zero-order chi connectivity index (χ0) is 16.6. The Hall–Kier alpha value is -1.95. The van der Waals surface area contributed by atoms with Gasteiger partial charge in [0, 0.05) is 7.05 Å². The van der Waals surface area contributed by atoms with Crippen LogP contribution in [0, 0.1) is 18.8 Å². The average molecular weight is 332 g/mol. The van der Waals surface area contributed by atoms with Crippen molar-refractivity contribution in [3.8, 4) is 0 Å². The Morgan fingerprint density at radius 3 is 2.91 bits per heavy atom. The lowest BCUT2D eigenvalue weighted by atomic mass is 9.85. The largest absolute Gasteiger partial charge is 0.461 e. The third kappa shape index (κ3) is 2.95. The van der Waals surface area contributed by atoms with Crippen molar-refractivity contribution in [2.75, 3.05) is 6.61 Å².